The van der Waals surface area contributed by atoms with E-state index in [0.717, 1.165) is 18.2 Å². The number of hydrogen-bond acceptors (Lipinski definition) is 2. The van der Waals surface area contributed by atoms with Gasteiger partial charge in [-0.2, -0.15) is 0 Å². The first-order chi connectivity index (χ1) is 11.7. The van der Waals surface area contributed by atoms with Crippen LogP contribution in [0.5, 0.6) is 5.75 Å². The highest BCUT2D eigenvalue weighted by molar-refractivity contribution is 5.45. The number of ether oxygens (including phenoxy) is 1. The third-order valence-electron chi connectivity index (χ3n) is 5.35. The maximum absolute atomic E-state index is 5.38. The Labute approximate surface area is 146 Å². The summed E-state index contributed by atoms with van der Waals surface area (Å²) >= 11 is 0. The third-order valence-corrected chi connectivity index (χ3v) is 5.35. The van der Waals surface area contributed by atoms with Crippen LogP contribution in [0.25, 0.3) is 0 Å². The third kappa shape index (κ3) is 4.11. The van der Waals surface area contributed by atoms with Crippen molar-refractivity contribution in [2.45, 2.75) is 45.4 Å². The number of aryl methyl sites for hydroxylation is 2. The zero-order valence-corrected chi connectivity index (χ0v) is 15.1. The largest absolute Gasteiger partial charge is 0.496 e. The van der Waals surface area contributed by atoms with E-state index in [0.29, 0.717) is 5.92 Å². The smallest absolute Gasteiger partial charge is 0.121 e. The molecule has 0 heterocycles. The molecule has 0 atom stereocenters. The van der Waals surface area contributed by atoms with Crippen LogP contribution in [0.15, 0.2) is 42.5 Å². The molecule has 0 bridgehead atoms. The zero-order chi connectivity index (χ0) is 16.9. The predicted molar refractivity (Wildman–Crippen MR) is 102 cm³/mol. The Kier molecular flexibility index (Phi) is 5.44. The lowest BCUT2D eigenvalue weighted by molar-refractivity contribution is 0.338. The van der Waals surface area contributed by atoms with E-state index in [1.54, 1.807) is 7.11 Å². The minimum absolute atomic E-state index is 0.713. The number of nitrogens with one attached hydrogen (secondary N) is 1. The highest BCUT2D eigenvalue weighted by Gasteiger charge is 2.22. The van der Waals surface area contributed by atoms with Crippen molar-refractivity contribution in [3.05, 3.63) is 59.2 Å². The summed E-state index contributed by atoms with van der Waals surface area (Å²) in [6, 6.07) is 15.4. The summed E-state index contributed by atoms with van der Waals surface area (Å²) in [7, 11) is 1.74. The van der Waals surface area contributed by atoms with Gasteiger partial charge in [0, 0.05) is 12.2 Å². The van der Waals surface area contributed by atoms with Gasteiger partial charge in [-0.15, -0.1) is 0 Å². The van der Waals surface area contributed by atoms with Gasteiger partial charge in [-0.05, 0) is 86.3 Å². The van der Waals surface area contributed by atoms with Crippen LogP contribution in [0.3, 0.4) is 0 Å². The molecule has 128 valence electrons. The molecular formula is C22H29NO. The van der Waals surface area contributed by atoms with Crippen LogP contribution in [0.4, 0.5) is 5.69 Å². The first-order valence-electron chi connectivity index (χ1n) is 9.11. The molecule has 2 aromatic carbocycles. The average molecular weight is 323 g/mol. The Morgan fingerprint density at radius 1 is 1.00 bits per heavy atom. The highest BCUT2D eigenvalue weighted by Crippen LogP contribution is 2.37. The van der Waals surface area contributed by atoms with Gasteiger partial charge in [0.1, 0.15) is 5.75 Å². The van der Waals surface area contributed by atoms with Gasteiger partial charge in [0.25, 0.3) is 0 Å². The Balaban J connectivity index is 1.51. The molecule has 1 saturated carbocycles. The summed E-state index contributed by atoms with van der Waals surface area (Å²) < 4.78 is 5.38. The molecule has 1 aliphatic carbocycles. The van der Waals surface area contributed by atoms with Crippen LogP contribution >= 0.6 is 0 Å². The van der Waals surface area contributed by atoms with Crippen molar-refractivity contribution in [3.8, 4) is 5.75 Å². The van der Waals surface area contributed by atoms with Gasteiger partial charge in [0.15, 0.2) is 0 Å². The van der Waals surface area contributed by atoms with Gasteiger partial charge < -0.3 is 10.1 Å². The molecular weight excluding hydrogens is 294 g/mol. The fraction of sp³-hybridized carbons (Fsp3) is 0.455. The lowest BCUT2D eigenvalue weighted by Gasteiger charge is -2.29. The molecule has 0 radical (unpaired) electrons. The summed E-state index contributed by atoms with van der Waals surface area (Å²) in [6.45, 7) is 5.38. The number of methoxy groups -OCH3 is 1. The Morgan fingerprint density at radius 3 is 2.46 bits per heavy atom. The number of anilines is 1. The molecule has 0 amide bonds. The van der Waals surface area contributed by atoms with Crippen LogP contribution < -0.4 is 10.1 Å². The monoisotopic (exact) mass is 323 g/mol. The molecule has 2 heteroatoms. The zero-order valence-electron chi connectivity index (χ0n) is 15.1. The maximum Gasteiger partial charge on any atom is 0.121 e. The van der Waals surface area contributed by atoms with Gasteiger partial charge in [0.05, 0.1) is 7.11 Å². The lowest BCUT2D eigenvalue weighted by atomic mass is 9.78. The van der Waals surface area contributed by atoms with Crippen molar-refractivity contribution in [2.75, 3.05) is 19.0 Å². The SMILES string of the molecule is COc1ccc([C@H]2CC[C@H](CNc3cccc(C)c3)CC2)cc1C. The number of benzene rings is 2. The molecule has 2 aromatic rings. The normalized spacial score (nSPS) is 20.6. The van der Waals surface area contributed by atoms with Gasteiger partial charge in [-0.1, -0.05) is 24.3 Å². The fourth-order valence-corrected chi connectivity index (χ4v) is 3.87. The second-order valence-electron chi connectivity index (χ2n) is 7.20. The number of hydrogen-bond donors (Lipinski definition) is 1. The minimum atomic E-state index is 0.713. The quantitative estimate of drug-likeness (QED) is 0.762. The Morgan fingerprint density at radius 2 is 1.79 bits per heavy atom. The first kappa shape index (κ1) is 16.9. The molecule has 1 aliphatic rings. The van der Waals surface area contributed by atoms with Gasteiger partial charge in [0.2, 0.25) is 0 Å². The van der Waals surface area contributed by atoms with E-state index >= 15 is 0 Å². The van der Waals surface area contributed by atoms with E-state index in [9.17, 15) is 0 Å². The summed E-state index contributed by atoms with van der Waals surface area (Å²) in [6.07, 6.45) is 5.22. The molecule has 0 unspecified atom stereocenters. The van der Waals surface area contributed by atoms with Crippen LogP contribution in [0.1, 0.15) is 48.3 Å². The molecule has 0 aliphatic heterocycles. The molecule has 1 N–H and O–H groups in total. The van der Waals surface area contributed by atoms with Gasteiger partial charge in [-0.3, -0.25) is 0 Å². The van der Waals surface area contributed by atoms with Crippen molar-refractivity contribution in [1.82, 2.24) is 0 Å². The lowest BCUT2D eigenvalue weighted by Crippen LogP contribution is -2.20. The van der Waals surface area contributed by atoms with E-state index in [-0.39, 0.29) is 0 Å². The molecule has 24 heavy (non-hydrogen) atoms. The van der Waals surface area contributed by atoms with Gasteiger partial charge in [-0.25, -0.2) is 0 Å². The van der Waals surface area contributed by atoms with Crippen molar-refractivity contribution >= 4 is 5.69 Å². The molecule has 0 spiro atoms. The molecule has 0 aromatic heterocycles. The van der Waals surface area contributed by atoms with Crippen molar-refractivity contribution in [1.29, 1.82) is 0 Å². The standard InChI is InChI=1S/C22H29NO/c1-16-5-4-6-21(13-16)23-15-18-7-9-19(10-8-18)20-11-12-22(24-3)17(2)14-20/h4-6,11-14,18-19,23H,7-10,15H2,1-3H3/t18-,19-. The van der Waals surface area contributed by atoms with Gasteiger partial charge >= 0.3 is 0 Å². The second-order valence-corrected chi connectivity index (χ2v) is 7.20. The van der Waals surface area contributed by atoms with Crippen LogP contribution in [-0.4, -0.2) is 13.7 Å². The van der Waals surface area contributed by atoms with Crippen molar-refractivity contribution in [3.63, 3.8) is 0 Å². The van der Waals surface area contributed by atoms with E-state index in [1.807, 2.05) is 0 Å². The maximum atomic E-state index is 5.38. The van der Waals surface area contributed by atoms with Crippen LogP contribution in [0, 0.1) is 19.8 Å². The predicted octanol–water partition coefficient (Wildman–Crippen LogP) is 5.70. The first-order valence-corrected chi connectivity index (χ1v) is 9.11. The summed E-state index contributed by atoms with van der Waals surface area (Å²) in [5.74, 6) is 2.50. The minimum Gasteiger partial charge on any atom is -0.496 e. The second kappa shape index (κ2) is 7.74. The Hall–Kier alpha value is -1.96. The summed E-state index contributed by atoms with van der Waals surface area (Å²) in [4.78, 5) is 0. The fourth-order valence-electron chi connectivity index (χ4n) is 3.87. The highest BCUT2D eigenvalue weighted by atomic mass is 16.5. The molecule has 0 saturated heterocycles. The summed E-state index contributed by atoms with van der Waals surface area (Å²) in [5, 5.41) is 3.62. The molecule has 2 nitrogen and oxygen atoms in total. The van der Waals surface area contributed by atoms with Crippen molar-refractivity contribution < 1.29 is 4.74 Å². The van der Waals surface area contributed by atoms with E-state index < -0.39 is 0 Å². The molecule has 1 fully saturated rings. The summed E-state index contributed by atoms with van der Waals surface area (Å²) in [5.41, 5.74) is 5.30. The van der Waals surface area contributed by atoms with E-state index in [2.05, 4.69) is 61.6 Å². The topological polar surface area (TPSA) is 21.3 Å². The van der Waals surface area contributed by atoms with Crippen LogP contribution in [-0.2, 0) is 0 Å². The Bertz CT molecular complexity index is 671. The van der Waals surface area contributed by atoms with E-state index in [1.165, 1.54) is 48.1 Å². The van der Waals surface area contributed by atoms with E-state index in [4.69, 9.17) is 4.74 Å². The van der Waals surface area contributed by atoms with Crippen molar-refractivity contribution in [2.24, 2.45) is 5.92 Å². The van der Waals surface area contributed by atoms with Crippen LogP contribution in [0.2, 0.25) is 0 Å². The number of rotatable bonds is 5. The average Bonchev–Trinajstić information content (AvgIpc) is 2.60. The molecule has 3 rings (SSSR count).